The van der Waals surface area contributed by atoms with Gasteiger partial charge in [-0.1, -0.05) is 70.6 Å². The number of ether oxygens (including phenoxy) is 1. The van der Waals surface area contributed by atoms with Crippen molar-refractivity contribution in [2.75, 3.05) is 0 Å². The fourth-order valence-electron chi connectivity index (χ4n) is 5.89. The van der Waals surface area contributed by atoms with Crippen molar-refractivity contribution in [2.24, 2.45) is 11.8 Å². The quantitative estimate of drug-likeness (QED) is 0.219. The second kappa shape index (κ2) is 10.5. The van der Waals surface area contributed by atoms with Gasteiger partial charge in [-0.25, -0.2) is 4.98 Å². The lowest BCUT2D eigenvalue weighted by Gasteiger charge is -2.46. The van der Waals surface area contributed by atoms with Crippen molar-refractivity contribution in [3.63, 3.8) is 0 Å². The zero-order valence-electron chi connectivity index (χ0n) is 21.2. The van der Waals surface area contributed by atoms with E-state index in [0.29, 0.717) is 33.8 Å². The number of hydrogen-bond acceptors (Lipinski definition) is 6. The molecule has 2 aromatic heterocycles. The van der Waals surface area contributed by atoms with Crippen LogP contribution in [0.5, 0.6) is 0 Å². The van der Waals surface area contributed by atoms with Crippen LogP contribution in [-0.2, 0) is 16.9 Å². The van der Waals surface area contributed by atoms with Gasteiger partial charge in [-0.3, -0.25) is 0 Å². The molecule has 0 unspecified atom stereocenters. The SMILES string of the molecule is CC[C@H]1C[C@@H](OCc2c(-c3c(Cl)cccc3Cl)noc2C2CC2)C[C@H](C)[C@]1(O)c1nc2ccc(Br)cc2s1. The number of hydrogen-bond donors (Lipinski definition) is 1. The number of fused-ring (bicyclic) bond motifs is 1. The van der Waals surface area contributed by atoms with Crippen LogP contribution in [0, 0.1) is 11.8 Å². The van der Waals surface area contributed by atoms with E-state index in [9.17, 15) is 5.11 Å². The van der Waals surface area contributed by atoms with Crippen LogP contribution < -0.4 is 0 Å². The van der Waals surface area contributed by atoms with Crippen molar-refractivity contribution in [1.29, 1.82) is 0 Å². The van der Waals surface area contributed by atoms with E-state index in [2.05, 4.69) is 41.0 Å². The summed E-state index contributed by atoms with van der Waals surface area (Å²) in [5.74, 6) is 1.26. The first kappa shape index (κ1) is 26.7. The van der Waals surface area contributed by atoms with Crippen LogP contribution in [0.2, 0.25) is 10.0 Å². The fourth-order valence-corrected chi connectivity index (χ4v) is 8.26. The maximum Gasteiger partial charge on any atom is 0.145 e. The molecule has 9 heteroatoms. The van der Waals surface area contributed by atoms with E-state index in [-0.39, 0.29) is 17.9 Å². The summed E-state index contributed by atoms with van der Waals surface area (Å²) in [6, 6.07) is 11.5. The molecule has 1 N–H and O–H groups in total. The molecular formula is C29H29BrCl2N2O3S. The second-order valence-electron chi connectivity index (χ2n) is 10.6. The van der Waals surface area contributed by atoms with Gasteiger partial charge in [-0.15, -0.1) is 11.3 Å². The minimum atomic E-state index is -0.989. The largest absolute Gasteiger partial charge is 0.382 e. The van der Waals surface area contributed by atoms with Crippen LogP contribution in [-0.4, -0.2) is 21.4 Å². The highest BCUT2D eigenvalue weighted by Gasteiger charge is 2.50. The molecule has 2 aliphatic rings. The zero-order valence-corrected chi connectivity index (χ0v) is 25.1. The van der Waals surface area contributed by atoms with Gasteiger partial charge in [0.2, 0.25) is 0 Å². The highest BCUT2D eigenvalue weighted by Crippen LogP contribution is 2.50. The van der Waals surface area contributed by atoms with Gasteiger partial charge in [0.15, 0.2) is 0 Å². The molecule has 2 fully saturated rings. The number of thiazole rings is 1. The Kier molecular flexibility index (Phi) is 7.38. The summed E-state index contributed by atoms with van der Waals surface area (Å²) in [6.45, 7) is 4.62. The monoisotopic (exact) mass is 634 g/mol. The molecule has 0 bridgehead atoms. The Morgan fingerprint density at radius 1 is 1.18 bits per heavy atom. The summed E-state index contributed by atoms with van der Waals surface area (Å²) in [4.78, 5) is 4.87. The molecule has 5 nitrogen and oxygen atoms in total. The predicted octanol–water partition coefficient (Wildman–Crippen LogP) is 9.13. The summed E-state index contributed by atoms with van der Waals surface area (Å²) in [7, 11) is 0. The van der Waals surface area contributed by atoms with E-state index in [1.54, 1.807) is 11.3 Å². The summed E-state index contributed by atoms with van der Waals surface area (Å²) < 4.78 is 14.5. The predicted molar refractivity (Wildman–Crippen MR) is 156 cm³/mol. The number of aromatic nitrogens is 2. The van der Waals surface area contributed by atoms with Crippen LogP contribution >= 0.6 is 50.5 Å². The molecule has 38 heavy (non-hydrogen) atoms. The van der Waals surface area contributed by atoms with Gasteiger partial charge in [0.05, 0.1) is 33.0 Å². The lowest BCUT2D eigenvalue weighted by molar-refractivity contribution is -0.141. The molecule has 0 aliphatic heterocycles. The third-order valence-corrected chi connectivity index (χ3v) is 10.4. The Morgan fingerprint density at radius 2 is 1.95 bits per heavy atom. The molecule has 2 aliphatic carbocycles. The van der Waals surface area contributed by atoms with E-state index in [1.165, 1.54) is 0 Å². The first-order valence-corrected chi connectivity index (χ1v) is 15.5. The van der Waals surface area contributed by atoms with Gasteiger partial charge >= 0.3 is 0 Å². The first-order valence-electron chi connectivity index (χ1n) is 13.1. The topological polar surface area (TPSA) is 68.4 Å². The van der Waals surface area contributed by atoms with Crippen LogP contribution in [0.25, 0.3) is 21.5 Å². The number of benzene rings is 2. The third kappa shape index (κ3) is 4.73. The minimum Gasteiger partial charge on any atom is -0.382 e. The van der Waals surface area contributed by atoms with Gasteiger partial charge < -0.3 is 14.4 Å². The number of nitrogens with zero attached hydrogens (tertiary/aromatic N) is 2. The van der Waals surface area contributed by atoms with E-state index >= 15 is 0 Å². The van der Waals surface area contributed by atoms with Crippen molar-refractivity contribution in [3.05, 3.63) is 67.2 Å². The van der Waals surface area contributed by atoms with Crippen LogP contribution in [0.15, 0.2) is 45.4 Å². The number of rotatable bonds is 7. The van der Waals surface area contributed by atoms with Crippen molar-refractivity contribution in [1.82, 2.24) is 10.1 Å². The maximum atomic E-state index is 12.1. The lowest BCUT2D eigenvalue weighted by atomic mass is 9.67. The first-order chi connectivity index (χ1) is 18.3. The molecule has 2 aromatic carbocycles. The normalized spacial score (nSPS) is 25.8. The van der Waals surface area contributed by atoms with Gasteiger partial charge in [-0.05, 0) is 67.9 Å². The van der Waals surface area contributed by atoms with Gasteiger partial charge in [-0.2, -0.15) is 0 Å². The molecule has 0 amide bonds. The number of aliphatic hydroxyl groups is 1. The number of halogens is 3. The van der Waals surface area contributed by atoms with E-state index in [4.69, 9.17) is 37.4 Å². The molecule has 2 heterocycles. The van der Waals surface area contributed by atoms with Crippen molar-refractivity contribution in [2.45, 2.75) is 70.2 Å². The molecular weight excluding hydrogens is 607 g/mol. The summed E-state index contributed by atoms with van der Waals surface area (Å²) in [5.41, 5.74) is 2.21. The smallest absolute Gasteiger partial charge is 0.145 e. The Balaban J connectivity index is 1.25. The Bertz CT molecular complexity index is 1470. The molecule has 6 rings (SSSR count). The molecule has 4 atom stereocenters. The van der Waals surface area contributed by atoms with E-state index in [1.807, 2.05) is 30.3 Å². The standard InChI is InChI=1S/C29H29BrCl2N2O3S/c1-3-17-12-19(11-15(2)29(17,35)28-33-23-10-9-18(30)13-24(23)38-28)36-14-20-26(34-37-27(20)16-7-8-16)25-21(31)5-4-6-22(25)32/h4-6,9-10,13,15-17,19,35H,3,7-8,11-12,14H2,1-2H3/t15-,17-,19-,29+/m0/s1. The van der Waals surface area contributed by atoms with E-state index in [0.717, 1.165) is 63.1 Å². The molecule has 0 saturated heterocycles. The van der Waals surface area contributed by atoms with Gasteiger partial charge in [0.25, 0.3) is 0 Å². The van der Waals surface area contributed by atoms with Crippen LogP contribution in [0.3, 0.4) is 0 Å². The Hall–Kier alpha value is -1.48. The van der Waals surface area contributed by atoms with Crippen LogP contribution in [0.4, 0.5) is 0 Å². The molecule has 0 radical (unpaired) electrons. The summed E-state index contributed by atoms with van der Waals surface area (Å²) in [5, 5.41) is 18.4. The molecule has 2 saturated carbocycles. The van der Waals surface area contributed by atoms with Gasteiger partial charge in [0, 0.05) is 21.5 Å². The Morgan fingerprint density at radius 3 is 2.66 bits per heavy atom. The van der Waals surface area contributed by atoms with Crippen molar-refractivity contribution >= 4 is 60.7 Å². The average Bonchev–Trinajstić information content (AvgIpc) is 3.51. The summed E-state index contributed by atoms with van der Waals surface area (Å²) >= 11 is 18.2. The molecule has 200 valence electrons. The van der Waals surface area contributed by atoms with Gasteiger partial charge in [0.1, 0.15) is 22.1 Å². The van der Waals surface area contributed by atoms with E-state index < -0.39 is 5.60 Å². The highest BCUT2D eigenvalue weighted by molar-refractivity contribution is 9.10. The zero-order chi connectivity index (χ0) is 26.6. The average molecular weight is 636 g/mol. The maximum absolute atomic E-state index is 12.1. The molecule has 4 aromatic rings. The Labute approximate surface area is 244 Å². The minimum absolute atomic E-state index is 0.00438. The third-order valence-electron chi connectivity index (χ3n) is 8.15. The summed E-state index contributed by atoms with van der Waals surface area (Å²) in [6.07, 6.45) is 4.49. The highest BCUT2D eigenvalue weighted by atomic mass is 79.9. The molecule has 0 spiro atoms. The van der Waals surface area contributed by atoms with Crippen molar-refractivity contribution < 1.29 is 14.4 Å². The lowest BCUT2D eigenvalue weighted by Crippen LogP contribution is -2.48. The van der Waals surface area contributed by atoms with Crippen LogP contribution in [0.1, 0.15) is 68.2 Å². The van der Waals surface area contributed by atoms with Crippen molar-refractivity contribution in [3.8, 4) is 11.3 Å². The fraction of sp³-hybridized carbons (Fsp3) is 0.448. The second-order valence-corrected chi connectivity index (χ2v) is 13.4.